The fourth-order valence-corrected chi connectivity index (χ4v) is 10.6. The van der Waals surface area contributed by atoms with Crippen molar-refractivity contribution in [1.82, 2.24) is 34.8 Å². The van der Waals surface area contributed by atoms with Gasteiger partial charge in [-0.05, 0) is 80.5 Å². The van der Waals surface area contributed by atoms with Crippen LogP contribution in [0.3, 0.4) is 0 Å². The molecule has 2 aromatic carbocycles. The molecule has 80 heavy (non-hydrogen) atoms. The number of nitrogens with one attached hydrogen (secondary N) is 1. The fraction of sp³-hybridized carbons (Fsp3) is 0.362. The summed E-state index contributed by atoms with van der Waals surface area (Å²) < 4.78 is 216. The standard InChI is InChI=1S/C47H41ClF10N9O10PS2/c1-44(2,79(4,73)74)13-12-27-8-9-28(37(60-27)33(17-23-15-25(49)18-26(50)16-23)61-34(68)20-65-40-35(39(62-65)47(56,57)58)30-19-31(30)46(40,54)55)29-10-11-32(48)36-38(29)66(22-45(51,52)53)63-42(36)67(80(5,75)76)43(69)64(3)41-24(7-6-14-59-41)21-77-78(70,71)72/h6-11,14-16,18,30-31,33H,17,19-22H2,1-5H3,(H,61,68)(H2,70,71,72)/t30-,31+,33-/m0/s1. The summed E-state index contributed by atoms with van der Waals surface area (Å²) in [5.74, 6) is -6.86. The Morgan fingerprint density at radius 3 is 2.21 bits per heavy atom. The number of benzene rings is 2. The molecule has 0 radical (unpaired) electrons. The van der Waals surface area contributed by atoms with Crippen molar-refractivity contribution < 1.29 is 89.2 Å². The Hall–Kier alpha value is -6.68. The van der Waals surface area contributed by atoms with E-state index in [1.807, 2.05) is 0 Å². The van der Waals surface area contributed by atoms with Gasteiger partial charge < -0.3 is 15.1 Å². The Balaban J connectivity index is 1.36. The summed E-state index contributed by atoms with van der Waals surface area (Å²) in [6.45, 7) is -1.89. The number of halogens is 11. The number of carbonyl (C=O) groups excluding carboxylic acids is 2. The lowest BCUT2D eigenvalue weighted by atomic mass is 9.93. The number of aromatic nitrogens is 6. The highest BCUT2D eigenvalue weighted by molar-refractivity contribution is 7.93. The lowest BCUT2D eigenvalue weighted by Crippen LogP contribution is -2.45. The van der Waals surface area contributed by atoms with Gasteiger partial charge in [0.25, 0.3) is 5.92 Å². The number of hydrogen-bond donors (Lipinski definition) is 3. The summed E-state index contributed by atoms with van der Waals surface area (Å²) in [5.41, 5.74) is -6.58. The molecule has 4 heterocycles. The highest BCUT2D eigenvalue weighted by Crippen LogP contribution is 2.68. The zero-order chi connectivity index (χ0) is 59.2. The Kier molecular flexibility index (Phi) is 15.4. The van der Waals surface area contributed by atoms with Crippen molar-refractivity contribution in [2.24, 2.45) is 5.92 Å². The number of anilines is 2. The molecule has 2 aliphatic rings. The van der Waals surface area contributed by atoms with Crippen LogP contribution in [0.2, 0.25) is 5.02 Å². The van der Waals surface area contributed by atoms with Crippen LogP contribution >= 0.6 is 19.4 Å². The quantitative estimate of drug-likeness (QED) is 0.0497. The molecule has 0 bridgehead atoms. The van der Waals surface area contributed by atoms with E-state index in [0.29, 0.717) is 17.2 Å². The molecule has 428 valence electrons. The van der Waals surface area contributed by atoms with E-state index in [0.717, 1.165) is 55.9 Å². The van der Waals surface area contributed by atoms with Gasteiger partial charge in [0.15, 0.2) is 21.3 Å². The number of alkyl halides is 8. The molecule has 3 N–H and O–H groups in total. The lowest BCUT2D eigenvalue weighted by Gasteiger charge is -2.26. The first-order valence-electron chi connectivity index (χ1n) is 23.0. The molecular formula is C47H41ClF10N9O10PS2. The Labute approximate surface area is 452 Å². The molecule has 0 saturated heterocycles. The second-order valence-corrected chi connectivity index (χ2v) is 25.2. The summed E-state index contributed by atoms with van der Waals surface area (Å²) in [7, 11) is -13.2. The maximum atomic E-state index is 15.7. The molecular weight excluding hydrogens is 1170 g/mol. The van der Waals surface area contributed by atoms with Crippen molar-refractivity contribution in [2.45, 2.75) is 81.4 Å². The van der Waals surface area contributed by atoms with Crippen LogP contribution in [0.1, 0.15) is 71.7 Å². The number of carbonyl (C=O) groups is 2. The molecule has 3 atom stereocenters. The lowest BCUT2D eigenvalue weighted by molar-refractivity contribution is -0.143. The number of phosphoric ester groups is 1. The van der Waals surface area contributed by atoms with Gasteiger partial charge >= 0.3 is 26.2 Å². The highest BCUT2D eigenvalue weighted by Gasteiger charge is 2.68. The summed E-state index contributed by atoms with van der Waals surface area (Å²) >= 11 is 6.72. The fourth-order valence-electron chi connectivity index (χ4n) is 9.01. The average molecular weight is 1210 g/mol. The van der Waals surface area contributed by atoms with Gasteiger partial charge in [0.1, 0.15) is 46.7 Å². The minimum Gasteiger partial charge on any atom is -0.346 e. The predicted octanol–water partition coefficient (Wildman–Crippen LogP) is 8.32. The zero-order valence-electron chi connectivity index (χ0n) is 41.7. The first-order chi connectivity index (χ1) is 36.8. The molecule has 19 nitrogen and oxygen atoms in total. The number of hydrogen-bond acceptors (Lipinski definition) is 12. The third kappa shape index (κ3) is 12.2. The van der Waals surface area contributed by atoms with Crippen LogP contribution in [-0.2, 0) is 72.0 Å². The van der Waals surface area contributed by atoms with Crippen LogP contribution in [0.5, 0.6) is 0 Å². The molecule has 1 saturated carbocycles. The molecule has 1 fully saturated rings. The monoisotopic (exact) mass is 1210 g/mol. The van der Waals surface area contributed by atoms with Gasteiger partial charge in [-0.3, -0.25) is 23.6 Å². The molecule has 0 unspecified atom stereocenters. The Morgan fingerprint density at radius 2 is 1.61 bits per heavy atom. The van der Waals surface area contributed by atoms with Crippen molar-refractivity contribution in [2.75, 3.05) is 28.8 Å². The zero-order valence-corrected chi connectivity index (χ0v) is 45.0. The molecule has 3 amide bonds. The van der Waals surface area contributed by atoms with Gasteiger partial charge in [0.2, 0.25) is 15.9 Å². The highest BCUT2D eigenvalue weighted by atomic mass is 35.5. The van der Waals surface area contributed by atoms with Crippen LogP contribution in [0.15, 0.2) is 60.8 Å². The second-order valence-electron chi connectivity index (χ2n) is 19.1. The Bertz CT molecular complexity index is 3860. The van der Waals surface area contributed by atoms with Crippen LogP contribution < -0.4 is 14.5 Å². The van der Waals surface area contributed by atoms with Crippen LogP contribution in [0.25, 0.3) is 22.0 Å². The van der Waals surface area contributed by atoms with Gasteiger partial charge in [-0.2, -0.15) is 49.6 Å². The van der Waals surface area contributed by atoms with E-state index in [9.17, 15) is 75.9 Å². The molecule has 4 aromatic heterocycles. The molecule has 33 heteroatoms. The summed E-state index contributed by atoms with van der Waals surface area (Å²) in [4.78, 5) is 56.5. The molecule has 0 spiro atoms. The van der Waals surface area contributed by atoms with Crippen molar-refractivity contribution in [1.29, 1.82) is 0 Å². The topological polar surface area (TPSA) is 249 Å². The van der Waals surface area contributed by atoms with E-state index in [1.165, 1.54) is 26.0 Å². The summed E-state index contributed by atoms with van der Waals surface area (Å²) in [6, 6.07) is 5.27. The normalized spacial score (nSPS) is 16.6. The molecule has 6 aromatic rings. The number of sulfonamides is 1. The van der Waals surface area contributed by atoms with Gasteiger partial charge in [-0.15, -0.1) is 0 Å². The van der Waals surface area contributed by atoms with Gasteiger partial charge in [-0.25, -0.2) is 44.9 Å². The molecule has 2 aliphatic carbocycles. The van der Waals surface area contributed by atoms with E-state index >= 15 is 8.78 Å². The first kappa shape index (κ1) is 59.4. The molecule has 0 aliphatic heterocycles. The van der Waals surface area contributed by atoms with E-state index in [-0.39, 0.29) is 42.5 Å². The third-order valence-electron chi connectivity index (χ3n) is 12.9. The van der Waals surface area contributed by atoms with E-state index < -0.39 is 174 Å². The predicted molar refractivity (Wildman–Crippen MR) is 265 cm³/mol. The minimum atomic E-state index is -5.26. The van der Waals surface area contributed by atoms with E-state index in [1.54, 1.807) is 0 Å². The number of pyridine rings is 2. The smallest absolute Gasteiger partial charge is 0.346 e. The SMILES string of the molecule is CN(C(=O)N(c1nn(CC(F)(F)F)c2c(-c3ccc(C#CC(C)(C)S(C)(=O)=O)nc3[C@H](Cc3cc(F)cc(F)c3)NC(=O)Cn3nc(C(F)(F)F)c4c3C(F)(F)[C@@H]3C[C@H]43)ccc(Cl)c12)S(C)(=O)=O)c1ncccc1COP(=O)(O)O. The van der Waals surface area contributed by atoms with Crippen LogP contribution in [-0.4, -0.2) is 98.6 Å². The number of amides is 3. The third-order valence-corrected chi connectivity index (χ3v) is 16.6. The van der Waals surface area contributed by atoms with Gasteiger partial charge in [-0.1, -0.05) is 29.7 Å². The molecule has 8 rings (SSSR count). The number of urea groups is 1. The average Bonchev–Trinajstić information content (AvgIpc) is 3.85. The minimum absolute atomic E-state index is 0.0632. The van der Waals surface area contributed by atoms with Crippen LogP contribution in [0, 0.1) is 29.4 Å². The van der Waals surface area contributed by atoms with Crippen molar-refractivity contribution in [3.63, 3.8) is 0 Å². The summed E-state index contributed by atoms with van der Waals surface area (Å²) in [5, 5.41) is 8.47. The number of fused-ring (bicyclic) bond motifs is 4. The van der Waals surface area contributed by atoms with E-state index in [2.05, 4.69) is 41.8 Å². The number of rotatable bonds is 15. The van der Waals surface area contributed by atoms with Crippen LogP contribution in [0.4, 0.5) is 60.3 Å². The van der Waals surface area contributed by atoms with Gasteiger partial charge in [0, 0.05) is 53.7 Å². The number of nitrogens with zero attached hydrogens (tertiary/aromatic N) is 8. The summed E-state index contributed by atoms with van der Waals surface area (Å²) in [6.07, 6.45) is -9.14. The largest absolute Gasteiger partial charge is 0.469 e. The second kappa shape index (κ2) is 20.7. The number of sulfone groups is 1. The first-order valence-corrected chi connectivity index (χ1v) is 28.6. The van der Waals surface area contributed by atoms with Crippen molar-refractivity contribution in [3.8, 4) is 23.0 Å². The maximum absolute atomic E-state index is 15.7. The maximum Gasteiger partial charge on any atom is 0.469 e. The van der Waals surface area contributed by atoms with E-state index in [4.69, 9.17) is 11.6 Å². The Morgan fingerprint density at radius 1 is 0.963 bits per heavy atom. The van der Waals surface area contributed by atoms with Crippen molar-refractivity contribution >= 4 is 73.8 Å². The van der Waals surface area contributed by atoms with Gasteiger partial charge in [0.05, 0.1) is 40.5 Å². The number of phosphoric acid groups is 1. The van der Waals surface area contributed by atoms with Crippen molar-refractivity contribution in [3.05, 3.63) is 117 Å².